The van der Waals surface area contributed by atoms with E-state index in [0.29, 0.717) is 16.6 Å². The molecule has 0 spiro atoms. The molecule has 0 saturated heterocycles. The second kappa shape index (κ2) is 4.97. The molecule has 0 saturated carbocycles. The molecule has 0 aliphatic rings. The summed E-state index contributed by atoms with van der Waals surface area (Å²) in [6, 6.07) is 10.7. The SMILES string of the molecule is CC(c1ccccc1F)n1nnc2cc(C(=O)O)ccc21. The third-order valence-corrected chi connectivity index (χ3v) is 3.44. The Labute approximate surface area is 119 Å². The Morgan fingerprint density at radius 3 is 2.76 bits per heavy atom. The van der Waals surface area contributed by atoms with Crippen LogP contribution in [0.3, 0.4) is 0 Å². The number of carboxylic acid groups (broad SMARTS) is 1. The summed E-state index contributed by atoms with van der Waals surface area (Å²) in [5.74, 6) is -1.33. The van der Waals surface area contributed by atoms with E-state index >= 15 is 0 Å². The molecule has 3 aromatic rings. The number of hydrogen-bond acceptors (Lipinski definition) is 3. The molecule has 1 N–H and O–H groups in total. The molecule has 0 fully saturated rings. The van der Waals surface area contributed by atoms with Crippen LogP contribution in [-0.2, 0) is 0 Å². The molecule has 5 nitrogen and oxygen atoms in total. The minimum absolute atomic E-state index is 0.146. The molecule has 0 radical (unpaired) electrons. The Hall–Kier alpha value is -2.76. The van der Waals surface area contributed by atoms with Crippen LogP contribution in [0.2, 0.25) is 0 Å². The van der Waals surface area contributed by atoms with Gasteiger partial charge in [-0.05, 0) is 31.2 Å². The third kappa shape index (κ3) is 2.24. The molecular weight excluding hydrogens is 273 g/mol. The van der Waals surface area contributed by atoms with Crippen molar-refractivity contribution in [1.82, 2.24) is 15.0 Å². The highest BCUT2D eigenvalue weighted by Gasteiger charge is 2.17. The van der Waals surface area contributed by atoms with Gasteiger partial charge in [0.05, 0.1) is 17.1 Å². The van der Waals surface area contributed by atoms with E-state index in [1.165, 1.54) is 18.2 Å². The Morgan fingerprint density at radius 2 is 2.05 bits per heavy atom. The molecule has 0 bridgehead atoms. The Kier molecular flexibility index (Phi) is 3.13. The summed E-state index contributed by atoms with van der Waals surface area (Å²) in [4.78, 5) is 10.9. The summed E-state index contributed by atoms with van der Waals surface area (Å²) in [5, 5.41) is 17.0. The van der Waals surface area contributed by atoms with Crippen molar-refractivity contribution in [2.45, 2.75) is 13.0 Å². The zero-order chi connectivity index (χ0) is 15.0. The van der Waals surface area contributed by atoms with Gasteiger partial charge in [-0.15, -0.1) is 5.10 Å². The molecule has 0 amide bonds. The molecule has 0 aliphatic heterocycles. The van der Waals surface area contributed by atoms with Crippen molar-refractivity contribution >= 4 is 17.0 Å². The Balaban J connectivity index is 2.09. The molecule has 106 valence electrons. The standard InChI is InChI=1S/C15H12FN3O2/c1-9(11-4-2-3-5-12(11)16)19-14-7-6-10(15(20)21)8-13(14)17-18-19/h2-9H,1H3,(H,20,21). The van der Waals surface area contributed by atoms with E-state index in [0.717, 1.165) is 0 Å². The summed E-state index contributed by atoms with van der Waals surface area (Å²) < 4.78 is 15.4. The first-order valence-electron chi connectivity index (χ1n) is 6.40. The van der Waals surface area contributed by atoms with Crippen LogP contribution in [0.4, 0.5) is 4.39 Å². The molecule has 1 heterocycles. The maximum absolute atomic E-state index is 13.9. The van der Waals surface area contributed by atoms with Crippen molar-refractivity contribution < 1.29 is 14.3 Å². The van der Waals surface area contributed by atoms with Gasteiger partial charge in [0.25, 0.3) is 0 Å². The van der Waals surface area contributed by atoms with Gasteiger partial charge in [-0.25, -0.2) is 13.9 Å². The van der Waals surface area contributed by atoms with Crippen molar-refractivity contribution in [2.24, 2.45) is 0 Å². The van der Waals surface area contributed by atoms with E-state index in [2.05, 4.69) is 10.3 Å². The van der Waals surface area contributed by atoms with Crippen LogP contribution in [0.15, 0.2) is 42.5 Å². The minimum atomic E-state index is -1.02. The fourth-order valence-electron chi connectivity index (χ4n) is 2.31. The van der Waals surface area contributed by atoms with Crippen LogP contribution in [0.1, 0.15) is 28.9 Å². The fraction of sp³-hybridized carbons (Fsp3) is 0.133. The second-order valence-corrected chi connectivity index (χ2v) is 4.74. The van der Waals surface area contributed by atoms with E-state index < -0.39 is 5.97 Å². The number of fused-ring (bicyclic) bond motifs is 1. The predicted octanol–water partition coefficient (Wildman–Crippen LogP) is 2.88. The van der Waals surface area contributed by atoms with Crippen molar-refractivity contribution in [3.05, 3.63) is 59.4 Å². The maximum Gasteiger partial charge on any atom is 0.335 e. The lowest BCUT2D eigenvalue weighted by atomic mass is 10.1. The topological polar surface area (TPSA) is 68.0 Å². The molecule has 1 atom stereocenters. The van der Waals surface area contributed by atoms with Gasteiger partial charge in [0.2, 0.25) is 0 Å². The normalized spacial score (nSPS) is 12.5. The largest absolute Gasteiger partial charge is 0.478 e. The summed E-state index contributed by atoms with van der Waals surface area (Å²) in [6.45, 7) is 1.82. The molecule has 1 aromatic heterocycles. The molecule has 6 heteroatoms. The number of carbonyl (C=O) groups is 1. The molecule has 1 unspecified atom stereocenters. The minimum Gasteiger partial charge on any atom is -0.478 e. The number of rotatable bonds is 3. The first-order valence-corrected chi connectivity index (χ1v) is 6.40. The lowest BCUT2D eigenvalue weighted by Gasteiger charge is -2.13. The van der Waals surface area contributed by atoms with Crippen molar-refractivity contribution in [3.63, 3.8) is 0 Å². The van der Waals surface area contributed by atoms with Gasteiger partial charge in [-0.3, -0.25) is 0 Å². The summed E-state index contributed by atoms with van der Waals surface area (Å²) in [6.07, 6.45) is 0. The maximum atomic E-state index is 13.9. The van der Waals surface area contributed by atoms with Crippen LogP contribution in [0, 0.1) is 5.82 Å². The molecule has 2 aromatic carbocycles. The number of hydrogen-bond donors (Lipinski definition) is 1. The monoisotopic (exact) mass is 285 g/mol. The van der Waals surface area contributed by atoms with Gasteiger partial charge >= 0.3 is 5.97 Å². The Bertz CT molecular complexity index is 829. The fourth-order valence-corrected chi connectivity index (χ4v) is 2.31. The van der Waals surface area contributed by atoms with Crippen molar-refractivity contribution in [2.75, 3.05) is 0 Å². The first-order chi connectivity index (χ1) is 10.1. The van der Waals surface area contributed by atoms with Gasteiger partial charge in [0, 0.05) is 5.56 Å². The molecule has 21 heavy (non-hydrogen) atoms. The van der Waals surface area contributed by atoms with Gasteiger partial charge in [0.1, 0.15) is 11.3 Å². The highest BCUT2D eigenvalue weighted by Crippen LogP contribution is 2.24. The first kappa shape index (κ1) is 13.2. The van der Waals surface area contributed by atoms with Crippen LogP contribution in [-0.4, -0.2) is 26.1 Å². The summed E-state index contributed by atoms with van der Waals surface area (Å²) in [5.41, 5.74) is 1.79. The number of benzene rings is 2. The highest BCUT2D eigenvalue weighted by atomic mass is 19.1. The quantitative estimate of drug-likeness (QED) is 0.803. The number of halogens is 1. The second-order valence-electron chi connectivity index (χ2n) is 4.74. The van der Waals surface area contributed by atoms with Crippen molar-refractivity contribution in [1.29, 1.82) is 0 Å². The van der Waals surface area contributed by atoms with Crippen LogP contribution in [0.25, 0.3) is 11.0 Å². The summed E-state index contributed by atoms with van der Waals surface area (Å²) in [7, 11) is 0. The van der Waals surface area contributed by atoms with Crippen LogP contribution < -0.4 is 0 Å². The van der Waals surface area contributed by atoms with Gasteiger partial charge in [-0.2, -0.15) is 0 Å². The molecule has 0 aliphatic carbocycles. The van der Waals surface area contributed by atoms with Crippen LogP contribution >= 0.6 is 0 Å². The molecule has 3 rings (SSSR count). The average molecular weight is 285 g/mol. The van der Waals surface area contributed by atoms with Crippen LogP contribution in [0.5, 0.6) is 0 Å². The number of nitrogens with zero attached hydrogens (tertiary/aromatic N) is 3. The summed E-state index contributed by atoms with van der Waals surface area (Å²) >= 11 is 0. The van der Waals surface area contributed by atoms with E-state index in [4.69, 9.17) is 5.11 Å². The number of carboxylic acids is 1. The lowest BCUT2D eigenvalue weighted by molar-refractivity contribution is 0.0697. The highest BCUT2D eigenvalue weighted by molar-refractivity contribution is 5.92. The van der Waals surface area contributed by atoms with Gasteiger partial charge < -0.3 is 5.11 Å². The smallest absolute Gasteiger partial charge is 0.335 e. The van der Waals surface area contributed by atoms with E-state index in [1.807, 2.05) is 6.92 Å². The van der Waals surface area contributed by atoms with Gasteiger partial charge in [0.15, 0.2) is 0 Å². The zero-order valence-corrected chi connectivity index (χ0v) is 11.2. The number of aromatic nitrogens is 3. The van der Waals surface area contributed by atoms with E-state index in [-0.39, 0.29) is 17.4 Å². The average Bonchev–Trinajstić information content (AvgIpc) is 2.90. The molecular formula is C15H12FN3O2. The van der Waals surface area contributed by atoms with E-state index in [9.17, 15) is 9.18 Å². The Morgan fingerprint density at radius 1 is 1.29 bits per heavy atom. The number of aromatic carboxylic acids is 1. The lowest BCUT2D eigenvalue weighted by Crippen LogP contribution is -2.10. The van der Waals surface area contributed by atoms with Crippen molar-refractivity contribution in [3.8, 4) is 0 Å². The third-order valence-electron chi connectivity index (χ3n) is 3.44. The zero-order valence-electron chi connectivity index (χ0n) is 11.2. The van der Waals surface area contributed by atoms with Gasteiger partial charge in [-0.1, -0.05) is 23.4 Å². The van der Waals surface area contributed by atoms with E-state index in [1.54, 1.807) is 28.9 Å². The predicted molar refractivity (Wildman–Crippen MR) is 74.7 cm³/mol.